The van der Waals surface area contributed by atoms with E-state index in [9.17, 15) is 0 Å². The zero-order chi connectivity index (χ0) is 13.9. The van der Waals surface area contributed by atoms with Gasteiger partial charge in [-0.3, -0.25) is 0 Å². The van der Waals surface area contributed by atoms with Crippen molar-refractivity contribution in [3.05, 3.63) is 64.7 Å². The van der Waals surface area contributed by atoms with E-state index in [4.69, 9.17) is 22.1 Å². The summed E-state index contributed by atoms with van der Waals surface area (Å²) in [4.78, 5) is 0. The van der Waals surface area contributed by atoms with Gasteiger partial charge in [0.25, 0.3) is 0 Å². The van der Waals surface area contributed by atoms with Gasteiger partial charge < -0.3 is 10.5 Å². The first-order valence-corrected chi connectivity index (χ1v) is 6.57. The molecule has 0 bridgehead atoms. The second-order valence-electron chi connectivity index (χ2n) is 4.91. The third-order valence-electron chi connectivity index (χ3n) is 3.27. The summed E-state index contributed by atoms with van der Waals surface area (Å²) in [5.41, 5.74) is 8.09. The molecule has 0 heterocycles. The van der Waals surface area contributed by atoms with Gasteiger partial charge in [-0.1, -0.05) is 41.9 Å². The highest BCUT2D eigenvalue weighted by Crippen LogP contribution is 2.27. The number of methoxy groups -OCH3 is 1. The minimum absolute atomic E-state index is 0.461. The van der Waals surface area contributed by atoms with Crippen molar-refractivity contribution in [3.63, 3.8) is 0 Å². The van der Waals surface area contributed by atoms with Gasteiger partial charge in [0, 0.05) is 10.6 Å². The van der Waals surface area contributed by atoms with Gasteiger partial charge >= 0.3 is 0 Å². The van der Waals surface area contributed by atoms with E-state index in [1.54, 1.807) is 7.11 Å². The number of nitrogens with two attached hydrogens (primary N) is 1. The summed E-state index contributed by atoms with van der Waals surface area (Å²) in [6, 6.07) is 15.6. The molecule has 0 aromatic heterocycles. The van der Waals surface area contributed by atoms with Crippen LogP contribution in [0.2, 0.25) is 5.02 Å². The van der Waals surface area contributed by atoms with Gasteiger partial charge in [0.15, 0.2) is 0 Å². The standard InChI is InChI=1S/C16H18ClNO/c1-16(18,11-12-5-3-4-6-15(12)17)13-7-9-14(19-2)10-8-13/h3-10H,11,18H2,1-2H3. The Morgan fingerprint density at radius 2 is 1.74 bits per heavy atom. The Morgan fingerprint density at radius 3 is 2.32 bits per heavy atom. The minimum Gasteiger partial charge on any atom is -0.497 e. The summed E-state index contributed by atoms with van der Waals surface area (Å²) in [6.45, 7) is 2.01. The minimum atomic E-state index is -0.461. The van der Waals surface area contributed by atoms with Crippen molar-refractivity contribution in [3.8, 4) is 5.75 Å². The van der Waals surface area contributed by atoms with E-state index >= 15 is 0 Å². The van der Waals surface area contributed by atoms with Gasteiger partial charge in [-0.25, -0.2) is 0 Å². The molecule has 1 unspecified atom stereocenters. The van der Waals surface area contributed by atoms with Crippen molar-refractivity contribution < 1.29 is 4.74 Å². The highest BCUT2D eigenvalue weighted by atomic mass is 35.5. The Morgan fingerprint density at radius 1 is 1.11 bits per heavy atom. The zero-order valence-corrected chi connectivity index (χ0v) is 11.9. The quantitative estimate of drug-likeness (QED) is 0.922. The first-order valence-electron chi connectivity index (χ1n) is 6.20. The Kier molecular flexibility index (Phi) is 4.13. The number of benzene rings is 2. The monoisotopic (exact) mass is 275 g/mol. The molecule has 2 aromatic rings. The molecule has 100 valence electrons. The molecule has 0 amide bonds. The lowest BCUT2D eigenvalue weighted by molar-refractivity contribution is 0.413. The van der Waals surface area contributed by atoms with Crippen molar-refractivity contribution in [2.75, 3.05) is 7.11 Å². The maximum absolute atomic E-state index is 6.43. The topological polar surface area (TPSA) is 35.2 Å². The number of rotatable bonds is 4. The lowest BCUT2D eigenvalue weighted by Gasteiger charge is -2.26. The van der Waals surface area contributed by atoms with Gasteiger partial charge in [-0.15, -0.1) is 0 Å². The van der Waals surface area contributed by atoms with Crippen molar-refractivity contribution in [1.82, 2.24) is 0 Å². The Bertz CT molecular complexity index is 549. The summed E-state index contributed by atoms with van der Waals surface area (Å²) in [5.74, 6) is 0.831. The second kappa shape index (κ2) is 5.64. The van der Waals surface area contributed by atoms with E-state index in [0.717, 1.165) is 21.9 Å². The van der Waals surface area contributed by atoms with Gasteiger partial charge in [-0.2, -0.15) is 0 Å². The molecule has 0 saturated carbocycles. The average Bonchev–Trinajstić information content (AvgIpc) is 2.41. The van der Waals surface area contributed by atoms with Crippen LogP contribution < -0.4 is 10.5 Å². The predicted octanol–water partition coefficient (Wildman–Crippen LogP) is 3.77. The molecule has 0 spiro atoms. The fraction of sp³-hybridized carbons (Fsp3) is 0.250. The molecule has 0 fully saturated rings. The van der Waals surface area contributed by atoms with Crippen LogP contribution in [0.15, 0.2) is 48.5 Å². The van der Waals surface area contributed by atoms with E-state index in [1.807, 2.05) is 55.5 Å². The number of ether oxygens (including phenoxy) is 1. The lowest BCUT2D eigenvalue weighted by Crippen LogP contribution is -2.35. The summed E-state index contributed by atoms with van der Waals surface area (Å²) < 4.78 is 5.16. The van der Waals surface area contributed by atoms with Crippen molar-refractivity contribution in [2.24, 2.45) is 5.73 Å². The third-order valence-corrected chi connectivity index (χ3v) is 3.63. The fourth-order valence-corrected chi connectivity index (χ4v) is 2.31. The number of hydrogen-bond acceptors (Lipinski definition) is 2. The maximum atomic E-state index is 6.43. The second-order valence-corrected chi connectivity index (χ2v) is 5.32. The van der Waals surface area contributed by atoms with Gasteiger partial charge in [0.05, 0.1) is 7.11 Å². The molecule has 0 aliphatic carbocycles. The highest BCUT2D eigenvalue weighted by Gasteiger charge is 2.22. The molecule has 1 atom stereocenters. The SMILES string of the molecule is COc1ccc(C(C)(N)Cc2ccccc2Cl)cc1. The summed E-state index contributed by atoms with van der Waals surface area (Å²) in [5, 5.41) is 0.757. The van der Waals surface area contributed by atoms with E-state index in [2.05, 4.69) is 0 Å². The van der Waals surface area contributed by atoms with E-state index in [-0.39, 0.29) is 0 Å². The molecular formula is C16H18ClNO. The van der Waals surface area contributed by atoms with Crippen LogP contribution in [0, 0.1) is 0 Å². The van der Waals surface area contributed by atoms with Crippen LogP contribution in [0.5, 0.6) is 5.75 Å². The molecule has 0 radical (unpaired) electrons. The molecule has 2 aromatic carbocycles. The van der Waals surface area contributed by atoms with Crippen LogP contribution in [-0.4, -0.2) is 7.11 Å². The molecule has 2 nitrogen and oxygen atoms in total. The van der Waals surface area contributed by atoms with Gasteiger partial charge in [0.2, 0.25) is 0 Å². The fourth-order valence-electron chi connectivity index (χ4n) is 2.11. The molecule has 2 N–H and O–H groups in total. The Labute approximate surface area is 119 Å². The molecule has 2 rings (SSSR count). The van der Waals surface area contributed by atoms with Crippen molar-refractivity contribution in [1.29, 1.82) is 0 Å². The summed E-state index contributed by atoms with van der Waals surface area (Å²) >= 11 is 6.19. The van der Waals surface area contributed by atoms with E-state index in [0.29, 0.717) is 6.42 Å². The maximum Gasteiger partial charge on any atom is 0.118 e. The molecule has 0 aliphatic heterocycles. The van der Waals surface area contributed by atoms with E-state index < -0.39 is 5.54 Å². The zero-order valence-electron chi connectivity index (χ0n) is 11.2. The van der Waals surface area contributed by atoms with E-state index in [1.165, 1.54) is 0 Å². The first kappa shape index (κ1) is 13.9. The Balaban J connectivity index is 2.24. The van der Waals surface area contributed by atoms with Crippen LogP contribution in [0.1, 0.15) is 18.1 Å². The van der Waals surface area contributed by atoms with Crippen molar-refractivity contribution in [2.45, 2.75) is 18.9 Å². The van der Waals surface area contributed by atoms with Gasteiger partial charge in [-0.05, 0) is 42.7 Å². The molecule has 0 aliphatic rings. The molecule has 0 saturated heterocycles. The van der Waals surface area contributed by atoms with Crippen LogP contribution in [0.4, 0.5) is 0 Å². The highest BCUT2D eigenvalue weighted by molar-refractivity contribution is 6.31. The average molecular weight is 276 g/mol. The van der Waals surface area contributed by atoms with Gasteiger partial charge in [0.1, 0.15) is 5.75 Å². The Hall–Kier alpha value is -1.51. The predicted molar refractivity (Wildman–Crippen MR) is 79.7 cm³/mol. The smallest absolute Gasteiger partial charge is 0.118 e. The summed E-state index contributed by atoms with van der Waals surface area (Å²) in [6.07, 6.45) is 0.693. The number of hydrogen-bond donors (Lipinski definition) is 1. The lowest BCUT2D eigenvalue weighted by atomic mass is 9.86. The largest absolute Gasteiger partial charge is 0.497 e. The van der Waals surface area contributed by atoms with Crippen LogP contribution in [0.25, 0.3) is 0 Å². The molecule has 19 heavy (non-hydrogen) atoms. The first-order chi connectivity index (χ1) is 9.03. The number of halogens is 1. The molecule has 3 heteroatoms. The van der Waals surface area contributed by atoms with Crippen LogP contribution >= 0.6 is 11.6 Å². The van der Waals surface area contributed by atoms with Crippen LogP contribution in [-0.2, 0) is 12.0 Å². The summed E-state index contributed by atoms with van der Waals surface area (Å²) in [7, 11) is 1.65. The third kappa shape index (κ3) is 3.28. The normalized spacial score (nSPS) is 13.9. The van der Waals surface area contributed by atoms with Crippen molar-refractivity contribution >= 4 is 11.6 Å². The molecular weight excluding hydrogens is 258 g/mol. The van der Waals surface area contributed by atoms with Crippen LogP contribution in [0.3, 0.4) is 0 Å².